The minimum absolute atomic E-state index is 0.0761. The molecular formula is C15H19F2NO. The highest BCUT2D eigenvalue weighted by atomic mass is 19.1. The number of benzene rings is 1. The maximum Gasteiger partial charge on any atom is 0.144 e. The molecule has 0 saturated carbocycles. The summed E-state index contributed by atoms with van der Waals surface area (Å²) in [7, 11) is 0. The van der Waals surface area contributed by atoms with E-state index >= 15 is 0 Å². The van der Waals surface area contributed by atoms with Crippen LogP contribution in [0.3, 0.4) is 0 Å². The van der Waals surface area contributed by atoms with Crippen molar-refractivity contribution in [3.05, 3.63) is 35.4 Å². The van der Waals surface area contributed by atoms with Gasteiger partial charge in [-0.05, 0) is 43.5 Å². The summed E-state index contributed by atoms with van der Waals surface area (Å²) < 4.78 is 26.3. The van der Waals surface area contributed by atoms with Gasteiger partial charge in [-0.1, -0.05) is 6.92 Å². The second kappa shape index (κ2) is 5.78. The normalized spacial score (nSPS) is 23.3. The average molecular weight is 267 g/mol. The standard InChI is InChI=1S/C15H19F2NO/c1-2-15(4-3-5-18-10-15)14(19)8-11-6-12(16)9-13(17)7-11/h6-7,9,18H,2-5,8,10H2,1H3. The SMILES string of the molecule is CCC1(C(=O)Cc2cc(F)cc(F)c2)CCCNC1. The van der Waals surface area contributed by atoms with Crippen LogP contribution in [-0.2, 0) is 11.2 Å². The minimum Gasteiger partial charge on any atom is -0.316 e. The fourth-order valence-electron chi connectivity index (χ4n) is 2.79. The first-order valence-corrected chi connectivity index (χ1v) is 6.75. The van der Waals surface area contributed by atoms with E-state index in [1.807, 2.05) is 6.92 Å². The highest BCUT2D eigenvalue weighted by molar-refractivity contribution is 5.87. The first kappa shape index (κ1) is 14.1. The Morgan fingerprint density at radius 3 is 2.53 bits per heavy atom. The van der Waals surface area contributed by atoms with E-state index in [-0.39, 0.29) is 17.6 Å². The fourth-order valence-corrected chi connectivity index (χ4v) is 2.79. The number of nitrogens with one attached hydrogen (secondary N) is 1. The Bertz CT molecular complexity index is 447. The highest BCUT2D eigenvalue weighted by Gasteiger charge is 2.37. The molecule has 0 bridgehead atoms. The monoisotopic (exact) mass is 267 g/mol. The molecular weight excluding hydrogens is 248 g/mol. The van der Waals surface area contributed by atoms with Crippen LogP contribution in [0.15, 0.2) is 18.2 Å². The van der Waals surface area contributed by atoms with E-state index in [2.05, 4.69) is 5.32 Å². The summed E-state index contributed by atoms with van der Waals surface area (Å²) >= 11 is 0. The summed E-state index contributed by atoms with van der Waals surface area (Å²) in [6.45, 7) is 3.60. The molecule has 0 amide bonds. The molecule has 0 radical (unpaired) electrons. The van der Waals surface area contributed by atoms with Gasteiger partial charge in [0.15, 0.2) is 0 Å². The molecule has 1 fully saturated rings. The summed E-state index contributed by atoms with van der Waals surface area (Å²) in [6, 6.07) is 3.30. The Kier molecular flexibility index (Phi) is 4.30. The van der Waals surface area contributed by atoms with E-state index in [1.54, 1.807) is 0 Å². The van der Waals surface area contributed by atoms with Crippen molar-refractivity contribution in [1.82, 2.24) is 5.32 Å². The minimum atomic E-state index is -0.630. The van der Waals surface area contributed by atoms with Gasteiger partial charge in [0.25, 0.3) is 0 Å². The molecule has 2 rings (SSSR count). The Balaban J connectivity index is 2.14. The number of Topliss-reactive ketones (excluding diaryl/α,β-unsaturated/α-hetero) is 1. The predicted molar refractivity (Wildman–Crippen MR) is 69.9 cm³/mol. The van der Waals surface area contributed by atoms with Gasteiger partial charge in [0.2, 0.25) is 0 Å². The van der Waals surface area contributed by atoms with Gasteiger partial charge in [-0.25, -0.2) is 8.78 Å². The predicted octanol–water partition coefficient (Wildman–Crippen LogP) is 2.86. The largest absolute Gasteiger partial charge is 0.316 e. The Morgan fingerprint density at radius 2 is 2.00 bits per heavy atom. The van der Waals surface area contributed by atoms with E-state index in [1.165, 1.54) is 12.1 Å². The lowest BCUT2D eigenvalue weighted by atomic mass is 9.73. The van der Waals surface area contributed by atoms with Crippen LogP contribution in [0.5, 0.6) is 0 Å². The number of rotatable bonds is 4. The van der Waals surface area contributed by atoms with Crippen molar-refractivity contribution in [2.45, 2.75) is 32.6 Å². The molecule has 1 saturated heterocycles. The summed E-state index contributed by atoms with van der Waals surface area (Å²) in [5.41, 5.74) is 0.0435. The number of halogens is 2. The maximum absolute atomic E-state index is 13.1. The molecule has 4 heteroatoms. The number of hydrogen-bond donors (Lipinski definition) is 1. The van der Waals surface area contributed by atoms with Gasteiger partial charge < -0.3 is 5.32 Å². The third-order valence-electron chi connectivity index (χ3n) is 4.03. The van der Waals surface area contributed by atoms with E-state index < -0.39 is 11.6 Å². The third kappa shape index (κ3) is 3.18. The van der Waals surface area contributed by atoms with E-state index in [0.717, 1.165) is 31.9 Å². The zero-order valence-electron chi connectivity index (χ0n) is 11.1. The van der Waals surface area contributed by atoms with Crippen molar-refractivity contribution in [3.63, 3.8) is 0 Å². The van der Waals surface area contributed by atoms with E-state index in [4.69, 9.17) is 0 Å². The fraction of sp³-hybridized carbons (Fsp3) is 0.533. The van der Waals surface area contributed by atoms with Crippen molar-refractivity contribution >= 4 is 5.78 Å². The molecule has 19 heavy (non-hydrogen) atoms. The lowest BCUT2D eigenvalue weighted by Crippen LogP contribution is -2.45. The molecule has 1 aliphatic rings. The summed E-state index contributed by atoms with van der Waals surface area (Å²) in [4.78, 5) is 12.5. The summed E-state index contributed by atoms with van der Waals surface area (Å²) in [5, 5.41) is 3.25. The number of hydrogen-bond acceptors (Lipinski definition) is 2. The van der Waals surface area contributed by atoms with Crippen molar-refractivity contribution in [2.75, 3.05) is 13.1 Å². The third-order valence-corrected chi connectivity index (χ3v) is 4.03. The molecule has 1 aromatic carbocycles. The van der Waals surface area contributed by atoms with Crippen LogP contribution in [0.2, 0.25) is 0 Å². The molecule has 1 unspecified atom stereocenters. The number of carbonyl (C=O) groups excluding carboxylic acids is 1. The molecule has 0 aliphatic carbocycles. The molecule has 0 spiro atoms. The van der Waals surface area contributed by atoms with Crippen molar-refractivity contribution in [3.8, 4) is 0 Å². The van der Waals surface area contributed by atoms with Crippen LogP contribution in [0.25, 0.3) is 0 Å². The zero-order valence-corrected chi connectivity index (χ0v) is 11.1. The number of ketones is 1. The van der Waals surface area contributed by atoms with Crippen LogP contribution < -0.4 is 5.32 Å². The van der Waals surface area contributed by atoms with Gasteiger partial charge in [0.05, 0.1) is 0 Å². The van der Waals surface area contributed by atoms with Crippen LogP contribution in [0, 0.1) is 17.0 Å². The second-order valence-corrected chi connectivity index (χ2v) is 5.29. The van der Waals surface area contributed by atoms with Crippen molar-refractivity contribution in [1.29, 1.82) is 0 Å². The maximum atomic E-state index is 13.1. The number of carbonyl (C=O) groups is 1. The van der Waals surface area contributed by atoms with Gasteiger partial charge >= 0.3 is 0 Å². The number of piperidine rings is 1. The average Bonchev–Trinajstić information content (AvgIpc) is 2.38. The second-order valence-electron chi connectivity index (χ2n) is 5.29. The molecule has 1 N–H and O–H groups in total. The Hall–Kier alpha value is -1.29. The molecule has 0 aromatic heterocycles. The van der Waals surface area contributed by atoms with Gasteiger partial charge in [-0.15, -0.1) is 0 Å². The molecule has 1 aromatic rings. The molecule has 2 nitrogen and oxygen atoms in total. The lowest BCUT2D eigenvalue weighted by molar-refractivity contribution is -0.129. The topological polar surface area (TPSA) is 29.1 Å². The van der Waals surface area contributed by atoms with Crippen LogP contribution in [0.4, 0.5) is 8.78 Å². The van der Waals surface area contributed by atoms with Gasteiger partial charge in [-0.3, -0.25) is 4.79 Å². The molecule has 1 atom stereocenters. The molecule has 104 valence electrons. The van der Waals surface area contributed by atoms with Crippen LogP contribution in [-0.4, -0.2) is 18.9 Å². The van der Waals surface area contributed by atoms with Crippen LogP contribution in [0.1, 0.15) is 31.7 Å². The summed E-state index contributed by atoms with van der Waals surface area (Å²) in [5.74, 6) is -1.18. The summed E-state index contributed by atoms with van der Waals surface area (Å²) in [6.07, 6.45) is 2.69. The highest BCUT2D eigenvalue weighted by Crippen LogP contribution is 2.32. The van der Waals surface area contributed by atoms with Crippen molar-refractivity contribution < 1.29 is 13.6 Å². The Labute approximate surface area is 112 Å². The molecule has 1 aliphatic heterocycles. The van der Waals surface area contributed by atoms with E-state index in [9.17, 15) is 13.6 Å². The molecule has 1 heterocycles. The first-order valence-electron chi connectivity index (χ1n) is 6.75. The zero-order chi connectivity index (χ0) is 13.9. The van der Waals surface area contributed by atoms with Gasteiger partial charge in [0.1, 0.15) is 17.4 Å². The van der Waals surface area contributed by atoms with Gasteiger partial charge in [-0.2, -0.15) is 0 Å². The lowest BCUT2D eigenvalue weighted by Gasteiger charge is -2.35. The first-order chi connectivity index (χ1) is 9.05. The van der Waals surface area contributed by atoms with Crippen molar-refractivity contribution in [2.24, 2.45) is 5.41 Å². The van der Waals surface area contributed by atoms with Gasteiger partial charge in [0, 0.05) is 24.4 Å². The van der Waals surface area contributed by atoms with Crippen LogP contribution >= 0.6 is 0 Å². The van der Waals surface area contributed by atoms with E-state index in [0.29, 0.717) is 12.1 Å². The quantitative estimate of drug-likeness (QED) is 0.909. The smallest absolute Gasteiger partial charge is 0.144 e. The Morgan fingerprint density at radius 1 is 1.32 bits per heavy atom.